The SMILES string of the molecule is CC(=O)N[C@@H](C)/C=C/c1ccc(Oc2ccc(-c3cccc(C#N)c3)cc2Cl)nc1. The Morgan fingerprint density at radius 3 is 2.67 bits per heavy atom. The van der Waals surface area contributed by atoms with Gasteiger partial charge >= 0.3 is 0 Å². The molecule has 3 rings (SSSR count). The largest absolute Gasteiger partial charge is 0.437 e. The Kier molecular flexibility index (Phi) is 6.84. The molecule has 3 aromatic rings. The summed E-state index contributed by atoms with van der Waals surface area (Å²) in [6, 6.07) is 18.5. The molecule has 6 heteroatoms. The molecule has 150 valence electrons. The van der Waals surface area contributed by atoms with Crippen LogP contribution >= 0.6 is 11.6 Å². The molecule has 30 heavy (non-hydrogen) atoms. The van der Waals surface area contributed by atoms with Crippen LogP contribution < -0.4 is 10.1 Å². The average Bonchev–Trinajstić information content (AvgIpc) is 2.74. The van der Waals surface area contributed by atoms with Gasteiger partial charge in [0.25, 0.3) is 0 Å². The molecule has 1 heterocycles. The lowest BCUT2D eigenvalue weighted by molar-refractivity contribution is -0.119. The van der Waals surface area contributed by atoms with Crippen LogP contribution in [0.2, 0.25) is 5.02 Å². The fourth-order valence-electron chi connectivity index (χ4n) is 2.82. The quantitative estimate of drug-likeness (QED) is 0.566. The highest BCUT2D eigenvalue weighted by Crippen LogP contribution is 2.33. The summed E-state index contributed by atoms with van der Waals surface area (Å²) in [6.07, 6.45) is 5.45. The minimum Gasteiger partial charge on any atom is -0.437 e. The normalized spacial score (nSPS) is 11.7. The summed E-state index contributed by atoms with van der Waals surface area (Å²) in [5.41, 5.74) is 3.28. The topological polar surface area (TPSA) is 75.0 Å². The van der Waals surface area contributed by atoms with Crippen molar-refractivity contribution >= 4 is 23.6 Å². The molecule has 1 atom stereocenters. The van der Waals surface area contributed by atoms with Gasteiger partial charge in [0, 0.05) is 25.2 Å². The van der Waals surface area contributed by atoms with Gasteiger partial charge in [0.15, 0.2) is 0 Å². The van der Waals surface area contributed by atoms with E-state index in [1.54, 1.807) is 30.5 Å². The van der Waals surface area contributed by atoms with Crippen LogP contribution in [0.5, 0.6) is 11.6 Å². The van der Waals surface area contributed by atoms with Crippen molar-refractivity contribution in [1.82, 2.24) is 10.3 Å². The van der Waals surface area contributed by atoms with Crippen molar-refractivity contribution in [3.05, 3.63) is 83.0 Å². The number of hydrogen-bond donors (Lipinski definition) is 1. The molecule has 5 nitrogen and oxygen atoms in total. The lowest BCUT2D eigenvalue weighted by atomic mass is 10.0. The molecule has 1 N–H and O–H groups in total. The highest BCUT2D eigenvalue weighted by Gasteiger charge is 2.08. The molecule has 0 bridgehead atoms. The van der Waals surface area contributed by atoms with Gasteiger partial charge in [0.2, 0.25) is 11.8 Å². The van der Waals surface area contributed by atoms with Crippen LogP contribution in [0.4, 0.5) is 0 Å². The van der Waals surface area contributed by atoms with Gasteiger partial charge in [-0.2, -0.15) is 5.26 Å². The second-order valence-corrected chi connectivity index (χ2v) is 7.13. The molecular weight excluding hydrogens is 398 g/mol. The Morgan fingerprint density at radius 2 is 2.00 bits per heavy atom. The number of halogens is 1. The van der Waals surface area contributed by atoms with E-state index < -0.39 is 0 Å². The van der Waals surface area contributed by atoms with Gasteiger partial charge in [-0.3, -0.25) is 4.79 Å². The van der Waals surface area contributed by atoms with Crippen molar-refractivity contribution < 1.29 is 9.53 Å². The van der Waals surface area contributed by atoms with Crippen LogP contribution in [-0.2, 0) is 4.79 Å². The van der Waals surface area contributed by atoms with Crippen molar-refractivity contribution in [3.8, 4) is 28.8 Å². The van der Waals surface area contributed by atoms with Crippen LogP contribution in [0.15, 0.2) is 66.9 Å². The number of ether oxygens (including phenoxy) is 1. The van der Waals surface area contributed by atoms with E-state index in [0.717, 1.165) is 16.7 Å². The van der Waals surface area contributed by atoms with E-state index >= 15 is 0 Å². The number of aromatic nitrogens is 1. The zero-order valence-electron chi connectivity index (χ0n) is 16.6. The zero-order valence-corrected chi connectivity index (χ0v) is 17.4. The summed E-state index contributed by atoms with van der Waals surface area (Å²) in [4.78, 5) is 15.3. The van der Waals surface area contributed by atoms with Crippen LogP contribution in [0.1, 0.15) is 25.0 Å². The first kappa shape index (κ1) is 21.1. The minimum absolute atomic E-state index is 0.0652. The summed E-state index contributed by atoms with van der Waals surface area (Å²) in [5, 5.41) is 12.3. The minimum atomic E-state index is -0.0744. The second-order valence-electron chi connectivity index (χ2n) is 6.72. The predicted molar refractivity (Wildman–Crippen MR) is 118 cm³/mol. The van der Waals surface area contributed by atoms with Gasteiger partial charge in [0.1, 0.15) is 5.75 Å². The maximum absolute atomic E-state index is 11.0. The van der Waals surface area contributed by atoms with Crippen LogP contribution in [0.25, 0.3) is 17.2 Å². The first-order valence-electron chi connectivity index (χ1n) is 9.34. The fraction of sp³-hybridized carbons (Fsp3) is 0.125. The number of hydrogen-bond acceptors (Lipinski definition) is 4. The summed E-state index contributed by atoms with van der Waals surface area (Å²) < 4.78 is 5.80. The molecule has 0 radical (unpaired) electrons. The van der Waals surface area contributed by atoms with Crippen molar-refractivity contribution in [2.45, 2.75) is 19.9 Å². The van der Waals surface area contributed by atoms with Gasteiger partial charge < -0.3 is 10.1 Å². The molecule has 1 amide bonds. The van der Waals surface area contributed by atoms with E-state index in [-0.39, 0.29) is 11.9 Å². The molecular formula is C24H20ClN3O2. The summed E-state index contributed by atoms with van der Waals surface area (Å²) in [7, 11) is 0. The van der Waals surface area contributed by atoms with E-state index in [1.165, 1.54) is 6.92 Å². The number of carbonyl (C=O) groups is 1. The van der Waals surface area contributed by atoms with Gasteiger partial charge in [-0.25, -0.2) is 4.98 Å². The van der Waals surface area contributed by atoms with Crippen LogP contribution in [0, 0.1) is 11.3 Å². The third-order valence-electron chi connectivity index (χ3n) is 4.24. The van der Waals surface area contributed by atoms with Crippen molar-refractivity contribution in [2.75, 3.05) is 0 Å². The highest BCUT2D eigenvalue weighted by atomic mass is 35.5. The molecule has 0 spiro atoms. The standard InChI is InChI=1S/C24H20ClN3O2/c1-16(28-17(2)29)6-7-18-8-11-24(27-15-18)30-23-10-9-21(13-22(23)25)20-5-3-4-19(12-20)14-26/h3-13,15-16H,1-2H3,(H,28,29)/b7-6+/t16-/m0/s1. The number of nitrogens with zero attached hydrogens (tertiary/aromatic N) is 2. The van der Waals surface area contributed by atoms with Gasteiger partial charge in [-0.1, -0.05) is 42.0 Å². The van der Waals surface area contributed by atoms with Crippen molar-refractivity contribution in [3.63, 3.8) is 0 Å². The Morgan fingerprint density at radius 1 is 1.20 bits per heavy atom. The molecule has 2 aromatic carbocycles. The van der Waals surface area contributed by atoms with Gasteiger partial charge in [-0.05, 0) is 53.9 Å². The number of amides is 1. The Balaban J connectivity index is 1.70. The van der Waals surface area contributed by atoms with E-state index in [1.807, 2.05) is 49.4 Å². The van der Waals surface area contributed by atoms with Crippen molar-refractivity contribution in [1.29, 1.82) is 5.26 Å². The van der Waals surface area contributed by atoms with Gasteiger partial charge in [0.05, 0.1) is 16.7 Å². The number of pyridine rings is 1. The monoisotopic (exact) mass is 417 g/mol. The number of benzene rings is 2. The highest BCUT2D eigenvalue weighted by molar-refractivity contribution is 6.32. The molecule has 0 saturated heterocycles. The van der Waals surface area contributed by atoms with E-state index in [0.29, 0.717) is 22.2 Å². The molecule has 0 aliphatic rings. The smallest absolute Gasteiger partial charge is 0.219 e. The van der Waals surface area contributed by atoms with E-state index in [9.17, 15) is 4.79 Å². The summed E-state index contributed by atoms with van der Waals surface area (Å²) in [6.45, 7) is 3.38. The lowest BCUT2D eigenvalue weighted by Crippen LogP contribution is -2.28. The summed E-state index contributed by atoms with van der Waals surface area (Å²) >= 11 is 6.40. The molecule has 0 aliphatic carbocycles. The Bertz CT molecular complexity index is 1120. The zero-order chi connectivity index (χ0) is 21.5. The first-order chi connectivity index (χ1) is 14.4. The number of nitrogens with one attached hydrogen (secondary N) is 1. The van der Waals surface area contributed by atoms with Crippen molar-refractivity contribution in [2.24, 2.45) is 0 Å². The maximum atomic E-state index is 11.0. The third-order valence-corrected chi connectivity index (χ3v) is 4.53. The summed E-state index contributed by atoms with van der Waals surface area (Å²) in [5.74, 6) is 0.838. The number of carbonyl (C=O) groups excluding carboxylic acids is 1. The Hall–Kier alpha value is -3.62. The lowest BCUT2D eigenvalue weighted by Gasteiger charge is -2.09. The molecule has 0 aliphatic heterocycles. The third kappa shape index (κ3) is 5.69. The molecule has 0 fully saturated rings. The first-order valence-corrected chi connectivity index (χ1v) is 9.71. The van der Waals surface area contributed by atoms with Crippen LogP contribution in [0.3, 0.4) is 0 Å². The van der Waals surface area contributed by atoms with E-state index in [2.05, 4.69) is 16.4 Å². The molecule has 1 aromatic heterocycles. The van der Waals surface area contributed by atoms with E-state index in [4.69, 9.17) is 21.6 Å². The maximum Gasteiger partial charge on any atom is 0.219 e. The van der Waals surface area contributed by atoms with Crippen LogP contribution in [-0.4, -0.2) is 16.9 Å². The predicted octanol–water partition coefficient (Wildman–Crippen LogP) is 5.60. The molecule has 0 saturated carbocycles. The number of nitriles is 1. The Labute approximate surface area is 180 Å². The fourth-order valence-corrected chi connectivity index (χ4v) is 3.04. The molecule has 0 unspecified atom stereocenters. The number of rotatable bonds is 6. The van der Waals surface area contributed by atoms with Gasteiger partial charge in [-0.15, -0.1) is 0 Å². The second kappa shape index (κ2) is 9.73. The average molecular weight is 418 g/mol.